The highest BCUT2D eigenvalue weighted by Crippen LogP contribution is 2.37. The molecular formula is C24H34F6O2. The molecule has 1 aromatic rings. The zero-order valence-electron chi connectivity index (χ0n) is 18.9. The summed E-state index contributed by atoms with van der Waals surface area (Å²) in [5.41, 5.74) is -3.84. The van der Waals surface area contributed by atoms with E-state index in [1.54, 1.807) is 0 Å². The molecule has 0 fully saturated rings. The molecule has 0 amide bonds. The average molecular weight is 469 g/mol. The van der Waals surface area contributed by atoms with E-state index in [-0.39, 0.29) is 12.1 Å². The topological polar surface area (TPSA) is 26.3 Å². The molecule has 1 rings (SSSR count). The van der Waals surface area contributed by atoms with Gasteiger partial charge in [0.2, 0.25) is 0 Å². The highest BCUT2D eigenvalue weighted by atomic mass is 19.4. The van der Waals surface area contributed by atoms with Crippen LogP contribution >= 0.6 is 0 Å². The highest BCUT2D eigenvalue weighted by Gasteiger charge is 2.39. The first-order valence-electron chi connectivity index (χ1n) is 11.5. The van der Waals surface area contributed by atoms with Crippen molar-refractivity contribution in [3.63, 3.8) is 0 Å². The van der Waals surface area contributed by atoms with Crippen molar-refractivity contribution in [1.29, 1.82) is 0 Å². The van der Waals surface area contributed by atoms with Gasteiger partial charge in [0.05, 0.1) is 16.7 Å². The zero-order chi connectivity index (χ0) is 24.2. The van der Waals surface area contributed by atoms with E-state index in [9.17, 15) is 31.1 Å². The molecule has 0 aliphatic heterocycles. The smallest absolute Gasteiger partial charge is 0.417 e. The maximum atomic E-state index is 13.3. The first kappa shape index (κ1) is 28.3. The second-order valence-electron chi connectivity index (χ2n) is 8.19. The Balaban J connectivity index is 2.71. The number of halogens is 6. The molecule has 0 aliphatic rings. The predicted molar refractivity (Wildman–Crippen MR) is 112 cm³/mol. The molecule has 184 valence electrons. The molecule has 1 atom stereocenters. The molecule has 2 nitrogen and oxygen atoms in total. The number of benzene rings is 1. The third-order valence-electron chi connectivity index (χ3n) is 5.39. The van der Waals surface area contributed by atoms with Crippen LogP contribution in [-0.4, -0.2) is 12.1 Å². The van der Waals surface area contributed by atoms with Crippen LogP contribution in [0.3, 0.4) is 0 Å². The SMILES string of the molecule is CCCCCCCCCCCC(CCC)OC(=O)c1cc(C(F)(F)F)ccc1C(F)(F)F. The number of unbranched alkanes of at least 4 members (excludes halogenated alkanes) is 8. The molecule has 8 heteroatoms. The van der Waals surface area contributed by atoms with Gasteiger partial charge in [0, 0.05) is 0 Å². The van der Waals surface area contributed by atoms with Crippen LogP contribution in [0.2, 0.25) is 0 Å². The van der Waals surface area contributed by atoms with Gasteiger partial charge >= 0.3 is 18.3 Å². The molecule has 0 N–H and O–H groups in total. The number of ether oxygens (including phenoxy) is 1. The van der Waals surface area contributed by atoms with Gasteiger partial charge in [-0.3, -0.25) is 0 Å². The van der Waals surface area contributed by atoms with Crippen LogP contribution in [0.4, 0.5) is 26.3 Å². The number of carbonyl (C=O) groups excluding carboxylic acids is 1. The maximum Gasteiger partial charge on any atom is 0.417 e. The number of rotatable bonds is 14. The predicted octanol–water partition coefficient (Wildman–Crippen LogP) is 8.97. The Morgan fingerprint density at radius 2 is 1.34 bits per heavy atom. The van der Waals surface area contributed by atoms with Gasteiger partial charge in [-0.1, -0.05) is 71.6 Å². The molecule has 32 heavy (non-hydrogen) atoms. The highest BCUT2D eigenvalue weighted by molar-refractivity contribution is 5.91. The summed E-state index contributed by atoms with van der Waals surface area (Å²) in [6.45, 7) is 4.01. The van der Waals surface area contributed by atoms with E-state index >= 15 is 0 Å². The van der Waals surface area contributed by atoms with Crippen LogP contribution in [0.1, 0.15) is 112 Å². The summed E-state index contributed by atoms with van der Waals surface area (Å²) in [5.74, 6) is -1.36. The van der Waals surface area contributed by atoms with Crippen LogP contribution in [-0.2, 0) is 17.1 Å². The zero-order valence-corrected chi connectivity index (χ0v) is 18.9. The number of hydrogen-bond donors (Lipinski definition) is 0. The van der Waals surface area contributed by atoms with Gasteiger partial charge in [-0.15, -0.1) is 0 Å². The summed E-state index contributed by atoms with van der Waals surface area (Å²) in [5, 5.41) is 0. The standard InChI is InChI=1S/C24H34F6O2/c1-3-5-6-7-8-9-10-11-12-14-19(13-4-2)32-22(31)20-17-18(23(25,26)27)15-16-21(20)24(28,29)30/h15-17,19H,3-14H2,1-2H3. The van der Waals surface area contributed by atoms with Crippen molar-refractivity contribution >= 4 is 5.97 Å². The Bertz CT molecular complexity index is 682. The first-order valence-corrected chi connectivity index (χ1v) is 11.5. The van der Waals surface area contributed by atoms with E-state index in [4.69, 9.17) is 4.74 Å². The van der Waals surface area contributed by atoms with Crippen molar-refractivity contribution in [3.8, 4) is 0 Å². The van der Waals surface area contributed by atoms with E-state index in [1.165, 1.54) is 32.1 Å². The summed E-state index contributed by atoms with van der Waals surface area (Å²) >= 11 is 0. The quantitative estimate of drug-likeness (QED) is 0.155. The minimum absolute atomic E-state index is 0.229. The Labute approximate surface area is 186 Å². The molecule has 0 aromatic heterocycles. The second kappa shape index (κ2) is 13.7. The normalized spacial score (nSPS) is 13.2. The number of hydrogen-bond acceptors (Lipinski definition) is 2. The lowest BCUT2D eigenvalue weighted by Crippen LogP contribution is -2.22. The van der Waals surface area contributed by atoms with E-state index in [1.807, 2.05) is 6.92 Å². The molecule has 0 saturated heterocycles. The molecule has 0 heterocycles. The summed E-state index contributed by atoms with van der Waals surface area (Å²) in [7, 11) is 0. The minimum atomic E-state index is -4.96. The lowest BCUT2D eigenvalue weighted by molar-refractivity contribution is -0.141. The van der Waals surface area contributed by atoms with Crippen LogP contribution < -0.4 is 0 Å². The van der Waals surface area contributed by atoms with Gasteiger partial charge < -0.3 is 4.74 Å². The molecule has 1 unspecified atom stereocenters. The lowest BCUT2D eigenvalue weighted by Gasteiger charge is -2.20. The fourth-order valence-electron chi connectivity index (χ4n) is 3.62. The van der Waals surface area contributed by atoms with E-state index in [2.05, 4.69) is 6.92 Å². The summed E-state index contributed by atoms with van der Waals surface area (Å²) < 4.78 is 83.9. The summed E-state index contributed by atoms with van der Waals surface area (Å²) in [4.78, 5) is 12.4. The van der Waals surface area contributed by atoms with Crippen molar-refractivity contribution in [2.45, 2.75) is 109 Å². The van der Waals surface area contributed by atoms with Crippen LogP contribution in [0.5, 0.6) is 0 Å². The maximum absolute atomic E-state index is 13.3. The van der Waals surface area contributed by atoms with Gasteiger partial charge in [-0.05, 0) is 37.5 Å². The van der Waals surface area contributed by atoms with Gasteiger partial charge in [0.25, 0.3) is 0 Å². The summed E-state index contributed by atoms with van der Waals surface area (Å²) in [6, 6.07) is 0.840. The number of carbonyl (C=O) groups is 1. The monoisotopic (exact) mass is 468 g/mol. The number of esters is 1. The largest absolute Gasteiger partial charge is 0.459 e. The van der Waals surface area contributed by atoms with Gasteiger partial charge in [0.1, 0.15) is 6.10 Å². The molecule has 0 spiro atoms. The number of alkyl halides is 6. The van der Waals surface area contributed by atoms with Gasteiger partial charge in [-0.25, -0.2) is 4.79 Å². The van der Waals surface area contributed by atoms with Crippen molar-refractivity contribution < 1.29 is 35.9 Å². The molecule has 0 bridgehead atoms. The van der Waals surface area contributed by atoms with Crippen molar-refractivity contribution in [2.24, 2.45) is 0 Å². The van der Waals surface area contributed by atoms with Crippen LogP contribution in [0.25, 0.3) is 0 Å². The fraction of sp³-hybridized carbons (Fsp3) is 0.708. The van der Waals surface area contributed by atoms with Crippen molar-refractivity contribution in [2.75, 3.05) is 0 Å². The molecule has 0 aliphatic carbocycles. The molecular weight excluding hydrogens is 434 g/mol. The average Bonchev–Trinajstić information content (AvgIpc) is 2.70. The van der Waals surface area contributed by atoms with Crippen molar-refractivity contribution in [3.05, 3.63) is 34.9 Å². The Hall–Kier alpha value is -1.73. The second-order valence-corrected chi connectivity index (χ2v) is 8.19. The third kappa shape index (κ3) is 10.3. The summed E-state index contributed by atoms with van der Waals surface area (Å²) in [6.07, 6.45) is 1.00. The first-order chi connectivity index (χ1) is 15.0. The van der Waals surface area contributed by atoms with Crippen LogP contribution in [0, 0.1) is 0 Å². The lowest BCUT2D eigenvalue weighted by atomic mass is 10.0. The van der Waals surface area contributed by atoms with Crippen molar-refractivity contribution in [1.82, 2.24) is 0 Å². The molecule has 0 saturated carbocycles. The van der Waals surface area contributed by atoms with E-state index < -0.39 is 41.1 Å². The minimum Gasteiger partial charge on any atom is -0.459 e. The van der Waals surface area contributed by atoms with Gasteiger partial charge in [-0.2, -0.15) is 26.3 Å². The van der Waals surface area contributed by atoms with Gasteiger partial charge in [0.15, 0.2) is 0 Å². The molecule has 0 radical (unpaired) electrons. The van der Waals surface area contributed by atoms with E-state index in [0.717, 1.165) is 25.7 Å². The Morgan fingerprint density at radius 3 is 1.84 bits per heavy atom. The third-order valence-corrected chi connectivity index (χ3v) is 5.39. The molecule has 1 aromatic carbocycles. The Morgan fingerprint density at radius 1 is 0.781 bits per heavy atom. The van der Waals surface area contributed by atoms with E-state index in [0.29, 0.717) is 25.3 Å². The Kier molecular flexibility index (Phi) is 12.1. The van der Waals surface area contributed by atoms with Crippen LogP contribution in [0.15, 0.2) is 18.2 Å². The fourth-order valence-corrected chi connectivity index (χ4v) is 3.62.